The van der Waals surface area contributed by atoms with Crippen molar-refractivity contribution in [3.8, 4) is 0 Å². The Hall–Kier alpha value is -1.59. The Morgan fingerprint density at radius 1 is 1.08 bits per heavy atom. The van der Waals surface area contributed by atoms with Crippen molar-refractivity contribution in [3.63, 3.8) is 0 Å². The Bertz CT molecular complexity index is 655. The summed E-state index contributed by atoms with van der Waals surface area (Å²) in [5.41, 5.74) is 8.13. The number of hydrogen-bond donors (Lipinski definition) is 2. The van der Waals surface area contributed by atoms with Crippen molar-refractivity contribution in [2.24, 2.45) is 5.73 Å². The van der Waals surface area contributed by atoms with Gasteiger partial charge in [-0.3, -0.25) is 9.69 Å². The average Bonchev–Trinajstić information content (AvgIpc) is 3.04. The molecule has 2 aromatic rings. The summed E-state index contributed by atoms with van der Waals surface area (Å²) in [6.45, 7) is 3.17. The number of amides is 1. The van der Waals surface area contributed by atoms with Gasteiger partial charge in [0.05, 0.1) is 5.92 Å². The number of nitrogens with two attached hydrogens (primary N) is 1. The maximum absolute atomic E-state index is 12.6. The molecule has 1 aliphatic rings. The molecule has 26 heavy (non-hydrogen) atoms. The SMILES string of the molecule is Cl.Cl.NCC(C(=O)NC1CCN(Cc2ccccc2)C1)c1ccccc1. The van der Waals surface area contributed by atoms with Gasteiger partial charge in [0.1, 0.15) is 0 Å². The molecule has 3 N–H and O–H groups in total. The Balaban J connectivity index is 0.00000169. The van der Waals surface area contributed by atoms with E-state index in [0.717, 1.165) is 31.6 Å². The number of benzene rings is 2. The number of hydrogen-bond acceptors (Lipinski definition) is 3. The molecule has 1 aliphatic heterocycles. The van der Waals surface area contributed by atoms with Gasteiger partial charge in [0.2, 0.25) is 5.91 Å². The summed E-state index contributed by atoms with van der Waals surface area (Å²) >= 11 is 0. The number of likely N-dealkylation sites (tertiary alicyclic amines) is 1. The molecule has 0 aromatic heterocycles. The minimum absolute atomic E-state index is 0. The summed E-state index contributed by atoms with van der Waals surface area (Å²) in [7, 11) is 0. The zero-order chi connectivity index (χ0) is 16.8. The molecule has 2 aromatic carbocycles. The van der Waals surface area contributed by atoms with Crippen molar-refractivity contribution in [1.29, 1.82) is 0 Å². The van der Waals surface area contributed by atoms with Gasteiger partial charge in [-0.2, -0.15) is 0 Å². The van der Waals surface area contributed by atoms with Gasteiger partial charge in [0.25, 0.3) is 0 Å². The fraction of sp³-hybridized carbons (Fsp3) is 0.350. The molecule has 1 amide bonds. The monoisotopic (exact) mass is 395 g/mol. The number of nitrogens with one attached hydrogen (secondary N) is 1. The fourth-order valence-electron chi connectivity index (χ4n) is 3.32. The highest BCUT2D eigenvalue weighted by Crippen LogP contribution is 2.17. The molecule has 2 unspecified atom stereocenters. The van der Waals surface area contributed by atoms with Crippen LogP contribution in [0.4, 0.5) is 0 Å². The van der Waals surface area contributed by atoms with E-state index in [9.17, 15) is 4.79 Å². The summed E-state index contributed by atoms with van der Waals surface area (Å²) in [5.74, 6) is -0.232. The lowest BCUT2D eigenvalue weighted by Gasteiger charge is -2.20. The zero-order valence-electron chi connectivity index (χ0n) is 14.7. The third-order valence-electron chi connectivity index (χ3n) is 4.62. The van der Waals surface area contributed by atoms with Crippen molar-refractivity contribution >= 4 is 30.7 Å². The molecule has 6 heteroatoms. The van der Waals surface area contributed by atoms with Crippen LogP contribution in [0.15, 0.2) is 60.7 Å². The van der Waals surface area contributed by atoms with Gasteiger partial charge in [-0.15, -0.1) is 24.8 Å². The number of nitrogens with zero attached hydrogens (tertiary/aromatic N) is 1. The molecule has 0 saturated carbocycles. The molecular formula is C20H27Cl2N3O. The van der Waals surface area contributed by atoms with Crippen molar-refractivity contribution in [2.45, 2.75) is 24.9 Å². The summed E-state index contributed by atoms with van der Waals surface area (Å²) in [4.78, 5) is 15.0. The van der Waals surface area contributed by atoms with Crippen LogP contribution in [-0.2, 0) is 11.3 Å². The Morgan fingerprint density at radius 2 is 1.69 bits per heavy atom. The van der Waals surface area contributed by atoms with Gasteiger partial charge < -0.3 is 11.1 Å². The topological polar surface area (TPSA) is 58.4 Å². The second-order valence-electron chi connectivity index (χ2n) is 6.41. The van der Waals surface area contributed by atoms with Crippen molar-refractivity contribution < 1.29 is 4.79 Å². The van der Waals surface area contributed by atoms with E-state index < -0.39 is 0 Å². The molecule has 3 rings (SSSR count). The summed E-state index contributed by atoms with van der Waals surface area (Å²) in [6, 6.07) is 20.4. The van der Waals surface area contributed by atoms with Gasteiger partial charge >= 0.3 is 0 Å². The summed E-state index contributed by atoms with van der Waals surface area (Å²) < 4.78 is 0. The molecule has 1 fully saturated rings. The predicted octanol–water partition coefficient (Wildman–Crippen LogP) is 2.96. The Kier molecular flexibility index (Phi) is 9.66. The predicted molar refractivity (Wildman–Crippen MR) is 111 cm³/mol. The molecule has 0 spiro atoms. The Labute approximate surface area is 168 Å². The second kappa shape index (κ2) is 11.2. The first kappa shape index (κ1) is 22.5. The first-order valence-corrected chi connectivity index (χ1v) is 8.58. The maximum atomic E-state index is 12.6. The number of carbonyl (C=O) groups is 1. The lowest BCUT2D eigenvalue weighted by molar-refractivity contribution is -0.123. The molecule has 142 valence electrons. The maximum Gasteiger partial charge on any atom is 0.229 e. The first-order valence-electron chi connectivity index (χ1n) is 8.58. The Morgan fingerprint density at radius 3 is 2.31 bits per heavy atom. The van der Waals surface area contributed by atoms with E-state index in [1.165, 1.54) is 5.56 Å². The molecular weight excluding hydrogens is 369 g/mol. The van der Waals surface area contributed by atoms with Gasteiger partial charge in [0.15, 0.2) is 0 Å². The average molecular weight is 396 g/mol. The minimum Gasteiger partial charge on any atom is -0.351 e. The minimum atomic E-state index is -0.269. The lowest BCUT2D eigenvalue weighted by atomic mass is 9.98. The van der Waals surface area contributed by atoms with Crippen LogP contribution in [0.1, 0.15) is 23.5 Å². The number of halogens is 2. The van der Waals surface area contributed by atoms with Crippen LogP contribution in [0, 0.1) is 0 Å². The summed E-state index contributed by atoms with van der Waals surface area (Å²) in [5, 5.41) is 3.18. The first-order chi connectivity index (χ1) is 11.8. The zero-order valence-corrected chi connectivity index (χ0v) is 16.3. The smallest absolute Gasteiger partial charge is 0.229 e. The lowest BCUT2D eigenvalue weighted by Crippen LogP contribution is -2.41. The normalized spacial score (nSPS) is 17.7. The summed E-state index contributed by atoms with van der Waals surface area (Å²) in [6.07, 6.45) is 0.991. The van der Waals surface area contributed by atoms with Crippen LogP contribution in [0.2, 0.25) is 0 Å². The highest BCUT2D eigenvalue weighted by Gasteiger charge is 2.27. The van der Waals surface area contributed by atoms with E-state index in [0.29, 0.717) is 6.54 Å². The van der Waals surface area contributed by atoms with Crippen molar-refractivity contribution in [2.75, 3.05) is 19.6 Å². The number of rotatable bonds is 6. The molecule has 0 radical (unpaired) electrons. The highest BCUT2D eigenvalue weighted by molar-refractivity contribution is 5.85. The van der Waals surface area contributed by atoms with Crippen LogP contribution in [0.3, 0.4) is 0 Å². The third-order valence-corrected chi connectivity index (χ3v) is 4.62. The molecule has 2 atom stereocenters. The molecule has 1 heterocycles. The molecule has 4 nitrogen and oxygen atoms in total. The van der Waals surface area contributed by atoms with Gasteiger partial charge in [0, 0.05) is 32.2 Å². The van der Waals surface area contributed by atoms with Gasteiger partial charge in [-0.05, 0) is 17.5 Å². The van der Waals surface area contributed by atoms with Crippen molar-refractivity contribution in [3.05, 3.63) is 71.8 Å². The van der Waals surface area contributed by atoms with Crippen molar-refractivity contribution in [1.82, 2.24) is 10.2 Å². The highest BCUT2D eigenvalue weighted by atomic mass is 35.5. The van der Waals surface area contributed by atoms with Gasteiger partial charge in [-0.1, -0.05) is 60.7 Å². The fourth-order valence-corrected chi connectivity index (χ4v) is 3.32. The molecule has 1 saturated heterocycles. The van der Waals surface area contributed by atoms with Crippen LogP contribution in [0.5, 0.6) is 0 Å². The number of carbonyl (C=O) groups excluding carboxylic acids is 1. The van der Waals surface area contributed by atoms with Gasteiger partial charge in [-0.25, -0.2) is 0 Å². The molecule has 0 bridgehead atoms. The second-order valence-corrected chi connectivity index (χ2v) is 6.41. The van der Waals surface area contributed by atoms with E-state index in [1.807, 2.05) is 36.4 Å². The van der Waals surface area contributed by atoms with E-state index in [2.05, 4.69) is 34.5 Å². The third kappa shape index (κ3) is 5.99. The molecule has 0 aliphatic carbocycles. The van der Waals surface area contributed by atoms with E-state index in [4.69, 9.17) is 5.73 Å². The van der Waals surface area contributed by atoms with Crippen LogP contribution >= 0.6 is 24.8 Å². The van der Waals surface area contributed by atoms with Crippen LogP contribution in [0.25, 0.3) is 0 Å². The standard InChI is InChI=1S/C20H25N3O.2ClH/c21-13-19(17-9-5-2-6-10-17)20(24)22-18-11-12-23(15-18)14-16-7-3-1-4-8-16;;/h1-10,18-19H,11-15,21H2,(H,22,24);2*1H. The quantitative estimate of drug-likeness (QED) is 0.790. The van der Waals surface area contributed by atoms with E-state index >= 15 is 0 Å². The van der Waals surface area contributed by atoms with E-state index in [1.54, 1.807) is 0 Å². The van der Waals surface area contributed by atoms with Crippen LogP contribution in [-0.4, -0.2) is 36.5 Å². The van der Waals surface area contributed by atoms with E-state index in [-0.39, 0.29) is 42.7 Å². The largest absolute Gasteiger partial charge is 0.351 e. The van der Waals surface area contributed by atoms with Crippen LogP contribution < -0.4 is 11.1 Å².